The third-order valence-corrected chi connectivity index (χ3v) is 4.89. The maximum atomic E-state index is 6.23. The molecule has 2 heterocycles. The van der Waals surface area contributed by atoms with Crippen molar-refractivity contribution in [2.45, 2.75) is 6.92 Å². The summed E-state index contributed by atoms with van der Waals surface area (Å²) in [5, 5.41) is 8.80. The number of ether oxygens (including phenoxy) is 1. The number of halogens is 2. The fraction of sp³-hybridized carbons (Fsp3) is 0.0952. The van der Waals surface area contributed by atoms with E-state index in [0.29, 0.717) is 21.7 Å². The Morgan fingerprint density at radius 2 is 1.83 bits per heavy atom. The van der Waals surface area contributed by atoms with Crippen molar-refractivity contribution < 1.29 is 4.74 Å². The average molecular weight is 426 g/mol. The molecule has 0 spiro atoms. The quantitative estimate of drug-likeness (QED) is 0.444. The van der Waals surface area contributed by atoms with Crippen LogP contribution in [0.15, 0.2) is 60.9 Å². The van der Waals surface area contributed by atoms with Crippen LogP contribution in [0, 0.1) is 6.92 Å². The zero-order valence-corrected chi connectivity index (χ0v) is 17.2. The van der Waals surface area contributed by atoms with E-state index in [-0.39, 0.29) is 0 Å². The predicted octanol–water partition coefficient (Wildman–Crippen LogP) is 5.70. The van der Waals surface area contributed by atoms with Crippen molar-refractivity contribution in [1.82, 2.24) is 19.7 Å². The molecule has 29 heavy (non-hydrogen) atoms. The van der Waals surface area contributed by atoms with Crippen LogP contribution < -0.4 is 10.1 Å². The molecule has 0 saturated carbocycles. The van der Waals surface area contributed by atoms with E-state index in [9.17, 15) is 0 Å². The van der Waals surface area contributed by atoms with Crippen LogP contribution in [0.4, 0.5) is 11.6 Å². The standard InChI is InChI=1S/C21H17Cl2N5O/c1-13-17(12-28(27-13)15-4-6-16(29-2)7-5-15)19-9-10-24-21(25-19)26-20-8-3-14(22)11-18(20)23/h3-12H,1-2H3,(H,24,25,26). The van der Waals surface area contributed by atoms with Gasteiger partial charge in [0, 0.05) is 23.0 Å². The van der Waals surface area contributed by atoms with Gasteiger partial charge in [0.05, 0.1) is 34.9 Å². The molecule has 0 saturated heterocycles. The maximum absolute atomic E-state index is 6.23. The number of nitrogens with zero attached hydrogens (tertiary/aromatic N) is 4. The van der Waals surface area contributed by atoms with Crippen LogP contribution in [0.25, 0.3) is 16.9 Å². The zero-order chi connectivity index (χ0) is 20.4. The van der Waals surface area contributed by atoms with E-state index in [1.807, 2.05) is 48.1 Å². The number of hydrogen-bond acceptors (Lipinski definition) is 5. The summed E-state index contributed by atoms with van der Waals surface area (Å²) in [6.45, 7) is 1.95. The Kier molecular flexibility index (Phi) is 5.38. The summed E-state index contributed by atoms with van der Waals surface area (Å²) in [5.41, 5.74) is 4.13. The molecule has 0 unspecified atom stereocenters. The van der Waals surface area contributed by atoms with E-state index in [2.05, 4.69) is 20.4 Å². The maximum Gasteiger partial charge on any atom is 0.227 e. The second kappa shape index (κ2) is 8.11. The molecule has 0 aliphatic heterocycles. The van der Waals surface area contributed by atoms with Gasteiger partial charge >= 0.3 is 0 Å². The lowest BCUT2D eigenvalue weighted by Gasteiger charge is -2.08. The molecule has 4 rings (SSSR count). The molecule has 2 aromatic carbocycles. The highest BCUT2D eigenvalue weighted by molar-refractivity contribution is 6.36. The highest BCUT2D eigenvalue weighted by Gasteiger charge is 2.12. The molecule has 0 aliphatic rings. The summed E-state index contributed by atoms with van der Waals surface area (Å²) in [7, 11) is 1.64. The van der Waals surface area contributed by atoms with Gasteiger partial charge in [-0.15, -0.1) is 0 Å². The lowest BCUT2D eigenvalue weighted by Crippen LogP contribution is -1.98. The number of methoxy groups -OCH3 is 1. The van der Waals surface area contributed by atoms with Gasteiger partial charge in [-0.05, 0) is 55.5 Å². The summed E-state index contributed by atoms with van der Waals surface area (Å²) in [6.07, 6.45) is 3.64. The van der Waals surface area contributed by atoms with Crippen molar-refractivity contribution in [1.29, 1.82) is 0 Å². The molecule has 0 fully saturated rings. The molecule has 146 valence electrons. The molecule has 4 aromatic rings. The Hall–Kier alpha value is -3.09. The van der Waals surface area contributed by atoms with Crippen molar-refractivity contribution >= 4 is 34.8 Å². The molecular formula is C21H17Cl2N5O. The number of benzene rings is 2. The van der Waals surface area contributed by atoms with Crippen LogP contribution in [0.5, 0.6) is 5.75 Å². The molecule has 0 bridgehead atoms. The van der Waals surface area contributed by atoms with Gasteiger partial charge in [0.15, 0.2) is 0 Å². The SMILES string of the molecule is COc1ccc(-n2cc(-c3ccnc(Nc4ccc(Cl)cc4Cl)n3)c(C)n2)cc1. The molecule has 6 nitrogen and oxygen atoms in total. The molecule has 0 amide bonds. The van der Waals surface area contributed by atoms with Crippen molar-refractivity contribution in [2.75, 3.05) is 12.4 Å². The van der Waals surface area contributed by atoms with E-state index in [1.54, 1.807) is 31.5 Å². The van der Waals surface area contributed by atoms with E-state index in [4.69, 9.17) is 27.9 Å². The summed E-state index contributed by atoms with van der Waals surface area (Å²) in [6, 6.07) is 14.7. The number of aromatic nitrogens is 4. The summed E-state index contributed by atoms with van der Waals surface area (Å²) in [4.78, 5) is 8.89. The Morgan fingerprint density at radius 1 is 1.03 bits per heavy atom. The van der Waals surface area contributed by atoms with Gasteiger partial charge < -0.3 is 10.1 Å². The molecule has 8 heteroatoms. The molecule has 0 radical (unpaired) electrons. The van der Waals surface area contributed by atoms with Crippen LogP contribution in [0.2, 0.25) is 10.0 Å². The monoisotopic (exact) mass is 425 g/mol. The van der Waals surface area contributed by atoms with Crippen molar-refractivity contribution in [3.05, 3.63) is 76.7 Å². The van der Waals surface area contributed by atoms with E-state index >= 15 is 0 Å². The fourth-order valence-electron chi connectivity index (χ4n) is 2.86. The fourth-order valence-corrected chi connectivity index (χ4v) is 3.31. The molecular weight excluding hydrogens is 409 g/mol. The van der Waals surface area contributed by atoms with Crippen LogP contribution in [-0.2, 0) is 0 Å². The number of rotatable bonds is 5. The lowest BCUT2D eigenvalue weighted by atomic mass is 10.2. The minimum atomic E-state index is 0.434. The Labute approximate surface area is 178 Å². The van der Waals surface area contributed by atoms with Gasteiger partial charge in [-0.25, -0.2) is 14.6 Å². The predicted molar refractivity (Wildman–Crippen MR) is 116 cm³/mol. The van der Waals surface area contributed by atoms with Gasteiger partial charge in [-0.2, -0.15) is 5.10 Å². The second-order valence-corrected chi connectivity index (χ2v) is 7.13. The number of anilines is 2. The normalized spacial score (nSPS) is 10.8. The van der Waals surface area contributed by atoms with Crippen LogP contribution in [0.1, 0.15) is 5.69 Å². The summed E-state index contributed by atoms with van der Waals surface area (Å²) < 4.78 is 7.02. The third-order valence-electron chi connectivity index (χ3n) is 4.35. The van der Waals surface area contributed by atoms with Crippen molar-refractivity contribution in [2.24, 2.45) is 0 Å². The Bertz CT molecular complexity index is 1160. The van der Waals surface area contributed by atoms with Crippen molar-refractivity contribution in [3.63, 3.8) is 0 Å². The molecule has 1 N–H and O–H groups in total. The minimum absolute atomic E-state index is 0.434. The molecule has 2 aromatic heterocycles. The third kappa shape index (κ3) is 4.18. The highest BCUT2D eigenvalue weighted by Crippen LogP contribution is 2.28. The molecule has 0 atom stereocenters. The van der Waals surface area contributed by atoms with Gasteiger partial charge in [0.25, 0.3) is 0 Å². The van der Waals surface area contributed by atoms with Crippen LogP contribution >= 0.6 is 23.2 Å². The van der Waals surface area contributed by atoms with Crippen LogP contribution in [-0.4, -0.2) is 26.9 Å². The average Bonchev–Trinajstić information content (AvgIpc) is 3.12. The second-order valence-electron chi connectivity index (χ2n) is 6.29. The topological polar surface area (TPSA) is 64.9 Å². The van der Waals surface area contributed by atoms with E-state index < -0.39 is 0 Å². The first-order valence-corrected chi connectivity index (χ1v) is 9.55. The first-order chi connectivity index (χ1) is 14.0. The summed E-state index contributed by atoms with van der Waals surface area (Å²) in [5.74, 6) is 1.23. The van der Waals surface area contributed by atoms with E-state index in [0.717, 1.165) is 28.4 Å². The Morgan fingerprint density at radius 3 is 2.55 bits per heavy atom. The zero-order valence-electron chi connectivity index (χ0n) is 15.7. The van der Waals surface area contributed by atoms with Crippen molar-refractivity contribution in [3.8, 4) is 22.7 Å². The number of aryl methyl sites for hydroxylation is 1. The molecule has 0 aliphatic carbocycles. The first-order valence-electron chi connectivity index (χ1n) is 8.79. The van der Waals surface area contributed by atoms with Gasteiger partial charge in [-0.1, -0.05) is 23.2 Å². The number of hydrogen-bond donors (Lipinski definition) is 1. The first kappa shape index (κ1) is 19.2. The van der Waals surface area contributed by atoms with Gasteiger partial charge in [-0.3, -0.25) is 0 Å². The van der Waals surface area contributed by atoms with Gasteiger partial charge in [0.1, 0.15) is 5.75 Å². The highest BCUT2D eigenvalue weighted by atomic mass is 35.5. The minimum Gasteiger partial charge on any atom is -0.497 e. The van der Waals surface area contributed by atoms with Gasteiger partial charge in [0.2, 0.25) is 5.95 Å². The number of nitrogens with one attached hydrogen (secondary N) is 1. The lowest BCUT2D eigenvalue weighted by molar-refractivity contribution is 0.414. The summed E-state index contributed by atoms with van der Waals surface area (Å²) >= 11 is 12.2. The van der Waals surface area contributed by atoms with Crippen LogP contribution in [0.3, 0.4) is 0 Å². The Balaban J connectivity index is 1.63. The largest absolute Gasteiger partial charge is 0.497 e. The van der Waals surface area contributed by atoms with E-state index in [1.165, 1.54) is 0 Å². The smallest absolute Gasteiger partial charge is 0.227 e.